The van der Waals surface area contributed by atoms with Gasteiger partial charge in [0.2, 0.25) is 0 Å². The Morgan fingerprint density at radius 1 is 1.53 bits per heavy atom. The number of aromatic carboxylic acids is 1. The Balaban J connectivity index is 2.20. The zero-order chi connectivity index (χ0) is 10.4. The van der Waals surface area contributed by atoms with Crippen molar-refractivity contribution in [1.82, 2.24) is 14.2 Å². The number of aromatic nitrogens is 3. The Morgan fingerprint density at radius 3 is 2.93 bits per heavy atom. The summed E-state index contributed by atoms with van der Waals surface area (Å²) in [5, 5.41) is 13.0. The highest BCUT2D eigenvalue weighted by atomic mass is 16.5. The number of hydrogen-bond donors (Lipinski definition) is 1. The SMILES string of the molecule is O=C(O)c1cnn2ccn(C3COC3)c12. The fraction of sp³-hybridized carbons (Fsp3) is 0.333. The predicted molar refractivity (Wildman–Crippen MR) is 50.0 cm³/mol. The first-order valence-electron chi connectivity index (χ1n) is 4.62. The highest BCUT2D eigenvalue weighted by Crippen LogP contribution is 2.22. The number of nitrogens with zero attached hydrogens (tertiary/aromatic N) is 3. The summed E-state index contributed by atoms with van der Waals surface area (Å²) < 4.78 is 8.56. The van der Waals surface area contributed by atoms with Crippen LogP contribution >= 0.6 is 0 Å². The van der Waals surface area contributed by atoms with Crippen LogP contribution < -0.4 is 0 Å². The molecule has 0 atom stereocenters. The Bertz CT molecular complexity index is 524. The molecule has 0 amide bonds. The van der Waals surface area contributed by atoms with E-state index in [0.29, 0.717) is 18.9 Å². The lowest BCUT2D eigenvalue weighted by Gasteiger charge is -2.27. The summed E-state index contributed by atoms with van der Waals surface area (Å²) in [5.74, 6) is -0.954. The molecule has 6 nitrogen and oxygen atoms in total. The molecule has 1 N–H and O–H groups in total. The van der Waals surface area contributed by atoms with E-state index in [0.717, 1.165) is 0 Å². The predicted octanol–water partition coefficient (Wildman–Crippen LogP) is 0.405. The monoisotopic (exact) mass is 207 g/mol. The average Bonchev–Trinajstić information content (AvgIpc) is 2.63. The van der Waals surface area contributed by atoms with E-state index in [-0.39, 0.29) is 11.6 Å². The summed E-state index contributed by atoms with van der Waals surface area (Å²) in [6.45, 7) is 1.27. The maximum Gasteiger partial charge on any atom is 0.341 e. The number of hydrogen-bond acceptors (Lipinski definition) is 3. The second-order valence-corrected chi connectivity index (χ2v) is 3.53. The van der Waals surface area contributed by atoms with Gasteiger partial charge in [0, 0.05) is 12.4 Å². The number of carbonyl (C=O) groups is 1. The van der Waals surface area contributed by atoms with Crippen molar-refractivity contribution in [2.24, 2.45) is 0 Å². The molecule has 1 aliphatic rings. The maximum absolute atomic E-state index is 11.0. The van der Waals surface area contributed by atoms with Gasteiger partial charge in [-0.05, 0) is 0 Å². The van der Waals surface area contributed by atoms with Gasteiger partial charge in [-0.1, -0.05) is 0 Å². The molecule has 2 aromatic rings. The molecule has 15 heavy (non-hydrogen) atoms. The summed E-state index contributed by atoms with van der Waals surface area (Å²) >= 11 is 0. The molecule has 0 spiro atoms. The molecule has 1 fully saturated rings. The van der Waals surface area contributed by atoms with E-state index in [9.17, 15) is 4.79 Å². The van der Waals surface area contributed by atoms with Crippen molar-refractivity contribution in [3.8, 4) is 0 Å². The normalized spacial score (nSPS) is 16.8. The van der Waals surface area contributed by atoms with Crippen molar-refractivity contribution >= 4 is 11.6 Å². The minimum atomic E-state index is -0.954. The van der Waals surface area contributed by atoms with Gasteiger partial charge in [-0.3, -0.25) is 0 Å². The quantitative estimate of drug-likeness (QED) is 0.774. The van der Waals surface area contributed by atoms with E-state index in [4.69, 9.17) is 9.84 Å². The molecule has 6 heteroatoms. The number of imidazole rings is 1. The molecule has 0 aliphatic carbocycles. The van der Waals surface area contributed by atoms with Crippen LogP contribution in [0.1, 0.15) is 16.4 Å². The second-order valence-electron chi connectivity index (χ2n) is 3.53. The molecule has 2 aromatic heterocycles. The molecule has 1 aliphatic heterocycles. The third-order valence-electron chi connectivity index (χ3n) is 2.63. The zero-order valence-corrected chi connectivity index (χ0v) is 7.83. The van der Waals surface area contributed by atoms with Gasteiger partial charge in [0.25, 0.3) is 0 Å². The van der Waals surface area contributed by atoms with Crippen LogP contribution in [0.15, 0.2) is 18.6 Å². The Hall–Kier alpha value is -1.82. The van der Waals surface area contributed by atoms with Crippen LogP contribution in [0.25, 0.3) is 5.65 Å². The van der Waals surface area contributed by atoms with Gasteiger partial charge < -0.3 is 14.4 Å². The molecular formula is C9H9N3O3. The van der Waals surface area contributed by atoms with E-state index >= 15 is 0 Å². The number of rotatable bonds is 2. The lowest BCUT2D eigenvalue weighted by molar-refractivity contribution is -0.0216. The van der Waals surface area contributed by atoms with Crippen LogP contribution in [0.2, 0.25) is 0 Å². The zero-order valence-electron chi connectivity index (χ0n) is 7.83. The summed E-state index contributed by atoms with van der Waals surface area (Å²) in [6.07, 6.45) is 4.95. The van der Waals surface area contributed by atoms with Crippen molar-refractivity contribution in [2.75, 3.05) is 13.2 Å². The molecule has 0 bridgehead atoms. The molecule has 3 heterocycles. The molecular weight excluding hydrogens is 198 g/mol. The summed E-state index contributed by atoms with van der Waals surface area (Å²) in [4.78, 5) is 11.0. The fourth-order valence-corrected chi connectivity index (χ4v) is 1.76. The standard InChI is InChI=1S/C9H9N3O3/c13-9(14)7-3-10-12-2-1-11(8(7)12)6-4-15-5-6/h1-3,6H,4-5H2,(H,13,14). The fourth-order valence-electron chi connectivity index (χ4n) is 1.76. The van der Waals surface area contributed by atoms with E-state index in [1.54, 1.807) is 10.7 Å². The topological polar surface area (TPSA) is 68.8 Å². The molecule has 1 saturated heterocycles. The van der Waals surface area contributed by atoms with Crippen molar-refractivity contribution in [3.63, 3.8) is 0 Å². The highest BCUT2D eigenvalue weighted by molar-refractivity contribution is 5.94. The highest BCUT2D eigenvalue weighted by Gasteiger charge is 2.24. The molecule has 0 saturated carbocycles. The van der Waals surface area contributed by atoms with E-state index in [1.165, 1.54) is 6.20 Å². The first-order chi connectivity index (χ1) is 7.27. The van der Waals surface area contributed by atoms with Gasteiger partial charge in [-0.2, -0.15) is 5.10 Å². The number of ether oxygens (including phenoxy) is 1. The van der Waals surface area contributed by atoms with Crippen LogP contribution in [-0.2, 0) is 4.74 Å². The second kappa shape index (κ2) is 2.83. The summed E-state index contributed by atoms with van der Waals surface area (Å²) in [5.41, 5.74) is 0.850. The number of fused-ring (bicyclic) bond motifs is 1. The van der Waals surface area contributed by atoms with Crippen LogP contribution in [0.3, 0.4) is 0 Å². The van der Waals surface area contributed by atoms with E-state index in [2.05, 4.69) is 5.10 Å². The molecule has 0 unspecified atom stereocenters. The molecule has 3 rings (SSSR count). The third-order valence-corrected chi connectivity index (χ3v) is 2.63. The van der Waals surface area contributed by atoms with Crippen LogP contribution in [0.4, 0.5) is 0 Å². The Morgan fingerprint density at radius 2 is 2.33 bits per heavy atom. The van der Waals surface area contributed by atoms with Gasteiger partial charge in [-0.15, -0.1) is 0 Å². The Kier molecular flexibility index (Phi) is 1.60. The van der Waals surface area contributed by atoms with Gasteiger partial charge >= 0.3 is 5.97 Å². The smallest absolute Gasteiger partial charge is 0.341 e. The average molecular weight is 207 g/mol. The minimum absolute atomic E-state index is 0.229. The van der Waals surface area contributed by atoms with Crippen molar-refractivity contribution in [3.05, 3.63) is 24.2 Å². The van der Waals surface area contributed by atoms with Crippen molar-refractivity contribution in [2.45, 2.75) is 6.04 Å². The van der Waals surface area contributed by atoms with Crippen LogP contribution in [-0.4, -0.2) is 38.5 Å². The first kappa shape index (κ1) is 8.49. The number of carboxylic acid groups (broad SMARTS) is 1. The largest absolute Gasteiger partial charge is 0.477 e. The number of carboxylic acids is 1. The van der Waals surface area contributed by atoms with E-state index in [1.807, 2.05) is 10.8 Å². The lowest BCUT2D eigenvalue weighted by atomic mass is 10.2. The minimum Gasteiger partial charge on any atom is -0.477 e. The van der Waals surface area contributed by atoms with Crippen molar-refractivity contribution in [1.29, 1.82) is 0 Å². The van der Waals surface area contributed by atoms with Gasteiger partial charge in [0.1, 0.15) is 5.56 Å². The molecule has 0 aromatic carbocycles. The maximum atomic E-state index is 11.0. The van der Waals surface area contributed by atoms with Gasteiger partial charge in [0.15, 0.2) is 5.65 Å². The van der Waals surface area contributed by atoms with Crippen LogP contribution in [0, 0.1) is 0 Å². The van der Waals surface area contributed by atoms with Crippen molar-refractivity contribution < 1.29 is 14.6 Å². The van der Waals surface area contributed by atoms with E-state index < -0.39 is 5.97 Å². The van der Waals surface area contributed by atoms with Crippen LogP contribution in [0.5, 0.6) is 0 Å². The molecule has 78 valence electrons. The third kappa shape index (κ3) is 1.08. The lowest BCUT2D eigenvalue weighted by Crippen LogP contribution is -2.30. The summed E-state index contributed by atoms with van der Waals surface area (Å²) in [7, 11) is 0. The Labute approximate surface area is 84.7 Å². The molecule has 0 radical (unpaired) electrons. The summed E-state index contributed by atoms with van der Waals surface area (Å²) in [6, 6.07) is 0.234. The first-order valence-corrected chi connectivity index (χ1v) is 4.62. The van der Waals surface area contributed by atoms with Gasteiger partial charge in [-0.25, -0.2) is 9.31 Å². The van der Waals surface area contributed by atoms with Gasteiger partial charge in [0.05, 0.1) is 25.5 Å².